The van der Waals surface area contributed by atoms with Crippen LogP contribution in [0.1, 0.15) is 5.89 Å². The lowest BCUT2D eigenvalue weighted by molar-refractivity contribution is 0.586. The van der Waals surface area contributed by atoms with Crippen molar-refractivity contribution in [2.24, 2.45) is 0 Å². The molecule has 0 aliphatic heterocycles. The Hall–Kier alpha value is -3.39. The van der Waals surface area contributed by atoms with Gasteiger partial charge in [-0.3, -0.25) is 4.72 Å². The summed E-state index contributed by atoms with van der Waals surface area (Å²) in [5, 5.41) is 14.9. The van der Waals surface area contributed by atoms with Crippen LogP contribution >= 0.6 is 22.9 Å². The average Bonchev–Trinajstić information content (AvgIpc) is 3.38. The van der Waals surface area contributed by atoms with E-state index in [2.05, 4.69) is 20.0 Å². The van der Waals surface area contributed by atoms with Crippen molar-refractivity contribution in [3.63, 3.8) is 0 Å². The molecule has 30 heavy (non-hydrogen) atoms. The number of benzene rings is 2. The van der Waals surface area contributed by atoms with Gasteiger partial charge in [-0.05, 0) is 42.5 Å². The van der Waals surface area contributed by atoms with Crippen LogP contribution in [0.15, 0.2) is 69.6 Å². The van der Waals surface area contributed by atoms with Gasteiger partial charge in [-0.25, -0.2) is 18.4 Å². The highest BCUT2D eigenvalue weighted by Crippen LogP contribution is 2.24. The van der Waals surface area contributed by atoms with Crippen LogP contribution in [-0.2, 0) is 10.0 Å². The van der Waals surface area contributed by atoms with Crippen molar-refractivity contribution >= 4 is 60.5 Å². The van der Waals surface area contributed by atoms with E-state index in [-0.39, 0.29) is 16.4 Å². The number of halogens is 1. The Balaban J connectivity index is 1.51. The van der Waals surface area contributed by atoms with Crippen LogP contribution in [0.25, 0.3) is 16.7 Å². The first-order valence-corrected chi connectivity index (χ1v) is 11.1. The minimum absolute atomic E-state index is 0.0866. The first kappa shape index (κ1) is 19.9. The van der Waals surface area contributed by atoms with E-state index in [1.54, 1.807) is 35.7 Å². The van der Waals surface area contributed by atoms with E-state index in [9.17, 15) is 13.7 Å². The van der Waals surface area contributed by atoms with Crippen molar-refractivity contribution in [1.29, 1.82) is 5.26 Å². The maximum absolute atomic E-state index is 12.4. The molecule has 0 spiro atoms. The molecule has 0 aliphatic rings. The number of nitrogens with one attached hydrogen (secondary N) is 2. The molecule has 2 heterocycles. The van der Waals surface area contributed by atoms with Crippen LogP contribution in [0.4, 0.5) is 10.8 Å². The van der Waals surface area contributed by atoms with Crippen molar-refractivity contribution in [3.05, 3.63) is 71.2 Å². The van der Waals surface area contributed by atoms with E-state index >= 15 is 0 Å². The van der Waals surface area contributed by atoms with Gasteiger partial charge in [0.25, 0.3) is 10.0 Å². The van der Waals surface area contributed by atoms with Gasteiger partial charge < -0.3 is 9.73 Å². The minimum atomic E-state index is -3.73. The summed E-state index contributed by atoms with van der Waals surface area (Å²) in [5.74, 6) is 0.147. The quantitative estimate of drug-likeness (QED) is 0.402. The van der Waals surface area contributed by atoms with Crippen molar-refractivity contribution in [1.82, 2.24) is 9.97 Å². The number of aromatic nitrogens is 2. The second-order valence-corrected chi connectivity index (χ2v) is 8.93. The van der Waals surface area contributed by atoms with Gasteiger partial charge in [0.2, 0.25) is 5.89 Å². The van der Waals surface area contributed by atoms with E-state index < -0.39 is 10.0 Å². The summed E-state index contributed by atoms with van der Waals surface area (Å²) in [6.45, 7) is 0. The molecule has 2 aromatic heterocycles. The number of hydrogen-bond acceptors (Lipinski definition) is 8. The molecule has 0 saturated heterocycles. The largest absolute Gasteiger partial charge is 0.435 e. The Morgan fingerprint density at radius 2 is 2.03 bits per heavy atom. The van der Waals surface area contributed by atoms with Crippen molar-refractivity contribution in [2.75, 3.05) is 10.0 Å². The van der Waals surface area contributed by atoms with Gasteiger partial charge in [-0.1, -0.05) is 11.6 Å². The lowest BCUT2D eigenvalue weighted by Crippen LogP contribution is -2.12. The summed E-state index contributed by atoms with van der Waals surface area (Å²) in [7, 11) is -3.73. The smallest absolute Gasteiger partial charge is 0.263 e. The molecule has 2 N–H and O–H groups in total. The third-order valence-electron chi connectivity index (χ3n) is 3.90. The number of allylic oxidation sites excluding steroid dienone is 1. The highest BCUT2D eigenvalue weighted by atomic mass is 35.5. The van der Waals surface area contributed by atoms with Gasteiger partial charge >= 0.3 is 0 Å². The number of anilines is 2. The molecule has 0 atom stereocenters. The number of nitriles is 1. The molecule has 4 aromatic rings. The molecule has 0 saturated carbocycles. The van der Waals surface area contributed by atoms with Crippen LogP contribution < -0.4 is 10.0 Å². The Kier molecular flexibility index (Phi) is 5.41. The second-order valence-electron chi connectivity index (χ2n) is 5.91. The van der Waals surface area contributed by atoms with E-state index in [1.165, 1.54) is 35.9 Å². The Bertz CT molecular complexity index is 1370. The minimum Gasteiger partial charge on any atom is -0.435 e. The monoisotopic (exact) mass is 457 g/mol. The summed E-state index contributed by atoms with van der Waals surface area (Å²) in [4.78, 5) is 8.26. The van der Waals surface area contributed by atoms with Crippen LogP contribution in [0.3, 0.4) is 0 Å². The molecule has 8 nitrogen and oxygen atoms in total. The summed E-state index contributed by atoms with van der Waals surface area (Å²) in [5.41, 5.74) is 1.80. The van der Waals surface area contributed by atoms with Crippen LogP contribution in [0.5, 0.6) is 0 Å². The van der Waals surface area contributed by atoms with Crippen LogP contribution in [-0.4, -0.2) is 18.4 Å². The van der Waals surface area contributed by atoms with Crippen LogP contribution in [0, 0.1) is 11.3 Å². The number of fused-ring (bicyclic) bond motifs is 1. The number of nitrogens with zero attached hydrogens (tertiary/aromatic N) is 3. The molecule has 0 bridgehead atoms. The fourth-order valence-corrected chi connectivity index (χ4v) is 4.45. The summed E-state index contributed by atoms with van der Waals surface area (Å²) < 4.78 is 32.7. The first-order chi connectivity index (χ1) is 14.4. The summed E-state index contributed by atoms with van der Waals surface area (Å²) in [6, 6.07) is 13.1. The highest BCUT2D eigenvalue weighted by molar-refractivity contribution is 7.93. The molecule has 0 radical (unpaired) electrons. The predicted molar refractivity (Wildman–Crippen MR) is 116 cm³/mol. The molecule has 150 valence electrons. The maximum atomic E-state index is 12.4. The summed E-state index contributed by atoms with van der Waals surface area (Å²) >= 11 is 7.13. The van der Waals surface area contributed by atoms with Gasteiger partial charge in [0.1, 0.15) is 17.2 Å². The van der Waals surface area contributed by atoms with Gasteiger partial charge in [0.15, 0.2) is 10.7 Å². The van der Waals surface area contributed by atoms with Gasteiger partial charge in [-0.15, -0.1) is 11.3 Å². The summed E-state index contributed by atoms with van der Waals surface area (Å²) in [6.07, 6.45) is 2.95. The molecule has 0 aliphatic carbocycles. The zero-order valence-corrected chi connectivity index (χ0v) is 17.4. The van der Waals surface area contributed by atoms with Crippen molar-refractivity contribution in [3.8, 4) is 6.07 Å². The predicted octanol–water partition coefficient (Wildman–Crippen LogP) is 4.72. The molecule has 0 unspecified atom stereocenters. The first-order valence-electron chi connectivity index (χ1n) is 8.40. The molecule has 4 rings (SSSR count). The Morgan fingerprint density at radius 3 is 2.73 bits per heavy atom. The molecule has 11 heteroatoms. The molecule has 0 fully saturated rings. The zero-order chi connectivity index (χ0) is 21.1. The third kappa shape index (κ3) is 4.28. The number of oxazole rings is 1. The zero-order valence-electron chi connectivity index (χ0n) is 15.0. The third-order valence-corrected chi connectivity index (χ3v) is 6.31. The molecular formula is C19H12ClN5O3S2. The topological polar surface area (TPSA) is 121 Å². The van der Waals surface area contributed by atoms with Gasteiger partial charge in [-0.2, -0.15) is 5.26 Å². The number of sulfonamides is 1. The van der Waals surface area contributed by atoms with Crippen molar-refractivity contribution in [2.45, 2.75) is 4.90 Å². The average molecular weight is 458 g/mol. The van der Waals surface area contributed by atoms with Gasteiger partial charge in [0.05, 0.1) is 4.90 Å². The van der Waals surface area contributed by atoms with E-state index in [0.29, 0.717) is 26.9 Å². The number of rotatable bonds is 6. The van der Waals surface area contributed by atoms with E-state index in [4.69, 9.17) is 16.0 Å². The lowest BCUT2D eigenvalue weighted by atomic mass is 10.3. The number of thiazole rings is 1. The maximum Gasteiger partial charge on any atom is 0.263 e. The molecule has 0 amide bonds. The normalized spacial score (nSPS) is 11.9. The fraction of sp³-hybridized carbons (Fsp3) is 0. The fourth-order valence-electron chi connectivity index (χ4n) is 2.49. The van der Waals surface area contributed by atoms with Gasteiger partial charge in [0, 0.05) is 28.5 Å². The highest BCUT2D eigenvalue weighted by Gasteiger charge is 2.15. The Labute approximate surface area is 180 Å². The van der Waals surface area contributed by atoms with E-state index in [0.717, 1.165) is 0 Å². The van der Waals surface area contributed by atoms with Crippen LogP contribution in [0.2, 0.25) is 5.02 Å². The second kappa shape index (κ2) is 8.16. The SMILES string of the molecule is N#CC(=CNc1ccc(S(=O)(=O)Nc2nccs2)cc1)c1nc2cc(Cl)ccc2o1. The lowest BCUT2D eigenvalue weighted by Gasteiger charge is -2.06. The molecule has 2 aromatic carbocycles. The van der Waals surface area contributed by atoms with E-state index in [1.807, 2.05) is 6.07 Å². The number of hydrogen-bond donors (Lipinski definition) is 2. The molecular weight excluding hydrogens is 446 g/mol. The standard InChI is InChI=1S/C19H12ClN5O3S2/c20-13-1-6-17-16(9-13)24-18(28-17)12(10-21)11-23-14-2-4-15(5-3-14)30(26,27)25-19-22-7-8-29-19/h1-9,11,23H,(H,22,25). The van der Waals surface area contributed by atoms with Crippen molar-refractivity contribution < 1.29 is 12.8 Å². The Morgan fingerprint density at radius 1 is 1.23 bits per heavy atom.